The van der Waals surface area contributed by atoms with Crippen molar-refractivity contribution in [2.45, 2.75) is 42.4 Å². The molecule has 31 heavy (non-hydrogen) atoms. The van der Waals surface area contributed by atoms with Gasteiger partial charge in [-0.2, -0.15) is 0 Å². The molecule has 3 atom stereocenters. The highest BCUT2D eigenvalue weighted by molar-refractivity contribution is 9.10. The van der Waals surface area contributed by atoms with Crippen LogP contribution >= 0.6 is 27.7 Å². The number of thioether (sulfide) groups is 1. The molecule has 5 nitrogen and oxygen atoms in total. The van der Waals surface area contributed by atoms with Gasteiger partial charge in [-0.05, 0) is 42.4 Å². The Morgan fingerprint density at radius 2 is 2.23 bits per heavy atom. The van der Waals surface area contributed by atoms with Crippen LogP contribution in [-0.4, -0.2) is 44.2 Å². The first kappa shape index (κ1) is 24.2. The summed E-state index contributed by atoms with van der Waals surface area (Å²) in [5.41, 5.74) is -1.46. The molecule has 0 aromatic heterocycles. The van der Waals surface area contributed by atoms with Crippen LogP contribution in [0.3, 0.4) is 0 Å². The maximum atomic E-state index is 14.7. The number of hydrogen-bond donors (Lipinski definition) is 1. The van der Waals surface area contributed by atoms with Crippen molar-refractivity contribution >= 4 is 47.1 Å². The Kier molecular flexibility index (Phi) is 7.20. The number of halogens is 3. The van der Waals surface area contributed by atoms with E-state index < -0.39 is 42.9 Å². The van der Waals surface area contributed by atoms with Crippen molar-refractivity contribution in [2.24, 2.45) is 10.9 Å². The number of nitrogens with one attached hydrogen (secondary N) is 1. The summed E-state index contributed by atoms with van der Waals surface area (Å²) in [7, 11) is -1.23. The zero-order valence-electron chi connectivity index (χ0n) is 17.6. The van der Waals surface area contributed by atoms with Crippen LogP contribution in [-0.2, 0) is 15.0 Å². The lowest BCUT2D eigenvalue weighted by Crippen LogP contribution is -2.39. The van der Waals surface area contributed by atoms with Crippen LogP contribution in [0.5, 0.6) is 0 Å². The van der Waals surface area contributed by atoms with Crippen LogP contribution < -0.4 is 5.32 Å². The number of alkyl carbamates (subject to hydrolysis) is 1. The first-order chi connectivity index (χ1) is 14.5. The van der Waals surface area contributed by atoms with Gasteiger partial charge >= 0.3 is 6.09 Å². The summed E-state index contributed by atoms with van der Waals surface area (Å²) in [5.74, 6) is 1.69. The van der Waals surface area contributed by atoms with Crippen molar-refractivity contribution in [3.63, 3.8) is 0 Å². The molecule has 1 heterocycles. The summed E-state index contributed by atoms with van der Waals surface area (Å²) in [6.45, 7) is 6.25. The molecule has 0 bridgehead atoms. The molecule has 1 aliphatic heterocycles. The minimum absolute atomic E-state index is 0.0152. The third kappa shape index (κ3) is 5.33. The zero-order valence-corrected chi connectivity index (χ0v) is 21.0. The lowest BCUT2D eigenvalue weighted by atomic mass is 9.85. The van der Waals surface area contributed by atoms with Crippen LogP contribution in [0, 0.1) is 24.1 Å². The third-order valence-corrected chi connectivity index (χ3v) is 8.86. The van der Waals surface area contributed by atoms with Crippen LogP contribution in [0.4, 0.5) is 13.6 Å². The molecular formula is C21H25BrF2N2O3SSi. The molecule has 1 saturated carbocycles. The molecule has 1 aliphatic carbocycles. The SMILES string of the molecule is C#C[C@]12C[C@H]1[C@@](CF)(c1cc(Br)ccc1F)N=C(OC(=O)NCOCC[Si](C)(C)C)S2. The summed E-state index contributed by atoms with van der Waals surface area (Å²) in [5, 5.41) is 2.41. The molecule has 0 saturated heterocycles. The van der Waals surface area contributed by atoms with Crippen molar-refractivity contribution in [1.82, 2.24) is 5.32 Å². The van der Waals surface area contributed by atoms with Crippen molar-refractivity contribution < 1.29 is 23.0 Å². The maximum absolute atomic E-state index is 14.7. The number of carbonyl (C=O) groups excluding carboxylic acids is 1. The fraction of sp³-hybridized carbons (Fsp3) is 0.524. The lowest BCUT2D eigenvalue weighted by Gasteiger charge is -2.33. The van der Waals surface area contributed by atoms with Gasteiger partial charge in [0.1, 0.15) is 24.8 Å². The maximum Gasteiger partial charge on any atom is 0.416 e. The molecule has 10 heteroatoms. The number of carbonyl (C=O) groups is 1. The van der Waals surface area contributed by atoms with Crippen molar-refractivity contribution in [3.05, 3.63) is 34.1 Å². The molecule has 0 radical (unpaired) electrons. The van der Waals surface area contributed by atoms with Gasteiger partial charge in [0, 0.05) is 30.6 Å². The van der Waals surface area contributed by atoms with E-state index in [1.807, 2.05) is 0 Å². The van der Waals surface area contributed by atoms with Gasteiger partial charge in [0.05, 0.1) is 4.75 Å². The first-order valence-electron chi connectivity index (χ1n) is 9.87. The smallest absolute Gasteiger partial charge is 0.385 e. The summed E-state index contributed by atoms with van der Waals surface area (Å²) in [4.78, 5) is 16.6. The minimum atomic E-state index is -1.55. The van der Waals surface area contributed by atoms with Crippen molar-refractivity contribution in [3.8, 4) is 12.3 Å². The molecule has 1 N–H and O–H groups in total. The third-order valence-electron chi connectivity index (χ3n) is 5.38. The summed E-state index contributed by atoms with van der Waals surface area (Å²) >= 11 is 4.40. The molecule has 3 rings (SSSR count). The second kappa shape index (κ2) is 9.22. The van der Waals surface area contributed by atoms with E-state index in [9.17, 15) is 13.6 Å². The predicted octanol–water partition coefficient (Wildman–Crippen LogP) is 5.29. The fourth-order valence-corrected chi connectivity index (χ4v) is 5.91. The zero-order chi connectivity index (χ0) is 22.9. The first-order valence-corrected chi connectivity index (χ1v) is 15.2. The largest absolute Gasteiger partial charge is 0.416 e. The van der Waals surface area contributed by atoms with E-state index >= 15 is 0 Å². The predicted molar refractivity (Wildman–Crippen MR) is 125 cm³/mol. The number of terminal acetylenes is 1. The average Bonchev–Trinajstić information content (AvgIpc) is 3.43. The summed E-state index contributed by atoms with van der Waals surface area (Å²) in [6, 6.07) is 5.24. The monoisotopic (exact) mass is 530 g/mol. The standard InChI is InChI=1S/C21H25BrF2N2O3SSi/c1-5-20-11-17(20)21(12-23,15-10-14(22)6-7-16(15)24)26-19(30-20)29-18(27)25-13-28-8-9-31(2,3)4/h1,6-7,10,17H,8-9,11-13H2,2-4H3,(H,25,27)/t17-,20+,21-/m1/s1. The molecule has 0 spiro atoms. The fourth-order valence-electron chi connectivity index (χ4n) is 3.51. The number of ether oxygens (including phenoxy) is 2. The highest BCUT2D eigenvalue weighted by Gasteiger charge is 2.69. The average molecular weight is 531 g/mol. The number of nitrogens with zero attached hydrogens (tertiary/aromatic N) is 1. The molecule has 0 unspecified atom stereocenters. The number of aliphatic imine (C=N–C) groups is 1. The van der Waals surface area contributed by atoms with E-state index in [1.54, 1.807) is 0 Å². The summed E-state index contributed by atoms with van der Waals surface area (Å²) < 4.78 is 39.7. The Morgan fingerprint density at radius 1 is 1.48 bits per heavy atom. The van der Waals surface area contributed by atoms with Gasteiger partial charge in [-0.1, -0.05) is 41.5 Å². The number of hydrogen-bond acceptors (Lipinski definition) is 5. The van der Waals surface area contributed by atoms with E-state index in [0.29, 0.717) is 17.5 Å². The molecule has 1 aromatic carbocycles. The van der Waals surface area contributed by atoms with Crippen LogP contribution in [0.1, 0.15) is 12.0 Å². The van der Waals surface area contributed by atoms with E-state index in [4.69, 9.17) is 15.9 Å². The van der Waals surface area contributed by atoms with Gasteiger partial charge in [0.15, 0.2) is 0 Å². The normalized spacial score (nSPS) is 27.0. The van der Waals surface area contributed by atoms with E-state index in [1.165, 1.54) is 18.2 Å². The second-order valence-corrected chi connectivity index (χ2v) is 16.7. The molecule has 168 valence electrons. The van der Waals surface area contributed by atoms with Gasteiger partial charge in [-0.3, -0.25) is 5.32 Å². The van der Waals surface area contributed by atoms with Gasteiger partial charge in [0.2, 0.25) is 0 Å². The van der Waals surface area contributed by atoms with Crippen LogP contribution in [0.2, 0.25) is 25.7 Å². The molecule has 2 aliphatic rings. The van der Waals surface area contributed by atoms with Gasteiger partial charge in [0.25, 0.3) is 5.23 Å². The molecule has 1 amide bonds. The van der Waals surface area contributed by atoms with Gasteiger partial charge in [-0.25, -0.2) is 18.6 Å². The highest BCUT2D eigenvalue weighted by Crippen LogP contribution is 2.66. The van der Waals surface area contributed by atoms with Gasteiger partial charge < -0.3 is 9.47 Å². The van der Waals surface area contributed by atoms with E-state index in [2.05, 4.69) is 51.8 Å². The van der Waals surface area contributed by atoms with Crippen LogP contribution in [0.25, 0.3) is 0 Å². The Balaban J connectivity index is 1.75. The Bertz CT molecular complexity index is 936. The Morgan fingerprint density at radius 3 is 2.87 bits per heavy atom. The molecule has 1 aromatic rings. The highest BCUT2D eigenvalue weighted by atomic mass is 79.9. The summed E-state index contributed by atoms with van der Waals surface area (Å²) in [6.07, 6.45) is 5.38. The molecular weight excluding hydrogens is 506 g/mol. The number of benzene rings is 1. The Labute approximate surface area is 194 Å². The van der Waals surface area contributed by atoms with Crippen LogP contribution in [0.15, 0.2) is 27.7 Å². The van der Waals surface area contributed by atoms with Crippen molar-refractivity contribution in [1.29, 1.82) is 0 Å². The quantitative estimate of drug-likeness (QED) is 0.225. The second-order valence-electron chi connectivity index (χ2n) is 8.88. The number of amides is 1. The Hall–Kier alpha value is -1.41. The number of alkyl halides is 1. The van der Waals surface area contributed by atoms with Gasteiger partial charge in [-0.15, -0.1) is 6.42 Å². The van der Waals surface area contributed by atoms with Crippen molar-refractivity contribution in [2.75, 3.05) is 20.0 Å². The van der Waals surface area contributed by atoms with E-state index in [0.717, 1.165) is 17.8 Å². The lowest BCUT2D eigenvalue weighted by molar-refractivity contribution is 0.120. The topological polar surface area (TPSA) is 59.9 Å². The number of fused-ring (bicyclic) bond motifs is 1. The minimum Gasteiger partial charge on any atom is -0.385 e. The number of rotatable bonds is 7. The molecule has 1 fully saturated rings. The van der Waals surface area contributed by atoms with E-state index in [-0.39, 0.29) is 17.5 Å².